The number of nitrogens with zero attached hydrogens (tertiary/aromatic N) is 3. The molecule has 0 aliphatic carbocycles. The van der Waals surface area contributed by atoms with Crippen molar-refractivity contribution in [2.45, 2.75) is 19.9 Å². The number of amides is 1. The van der Waals surface area contributed by atoms with E-state index in [0.717, 1.165) is 22.2 Å². The monoisotopic (exact) mass is 441 g/mol. The van der Waals surface area contributed by atoms with Gasteiger partial charge in [0.25, 0.3) is 0 Å². The lowest BCUT2D eigenvalue weighted by Crippen LogP contribution is -2.50. The van der Waals surface area contributed by atoms with Crippen LogP contribution in [-0.4, -0.2) is 39.2 Å². The van der Waals surface area contributed by atoms with E-state index >= 15 is 0 Å². The minimum atomic E-state index is -0.0836. The van der Waals surface area contributed by atoms with Gasteiger partial charge in [-0.25, -0.2) is 0 Å². The lowest BCUT2D eigenvalue weighted by molar-refractivity contribution is -0.134. The third-order valence-corrected chi connectivity index (χ3v) is 6.12. The van der Waals surface area contributed by atoms with Gasteiger partial charge in [-0.2, -0.15) is 0 Å². The van der Waals surface area contributed by atoms with Crippen LogP contribution in [0.1, 0.15) is 12.1 Å². The minimum Gasteiger partial charge on any atom is -0.338 e. The number of rotatable bonds is 6. The molecule has 0 unspecified atom stereocenters. The maximum Gasteiger partial charge on any atom is 0.245 e. The zero-order valence-electron chi connectivity index (χ0n) is 16.6. The molecule has 0 bridgehead atoms. The zero-order valence-corrected chi connectivity index (χ0v) is 18.1. The highest BCUT2D eigenvalue weighted by atomic mass is 35.5. The number of aromatic nitrogens is 2. The van der Waals surface area contributed by atoms with E-state index in [1.54, 1.807) is 23.2 Å². The Hall–Kier alpha value is -2.63. The summed E-state index contributed by atoms with van der Waals surface area (Å²) in [6, 6.07) is 9.21. The summed E-state index contributed by atoms with van der Waals surface area (Å²) in [5, 5.41) is 2.08. The second-order valence-corrected chi connectivity index (χ2v) is 8.44. The first-order valence-corrected chi connectivity index (χ1v) is 10.5. The zero-order chi connectivity index (χ0) is 21.4. The fourth-order valence-electron chi connectivity index (χ4n) is 4.10. The molecule has 1 saturated heterocycles. The number of Topliss-reactive ketones (excluding diaryl/α,β-unsaturated/α-hetero) is 1. The summed E-state index contributed by atoms with van der Waals surface area (Å²) in [5.74, 6) is 0.238. The lowest BCUT2D eigenvalue weighted by Gasteiger charge is -2.38. The van der Waals surface area contributed by atoms with Crippen LogP contribution in [0.4, 0.5) is 0 Å². The number of hydrogen-bond donors (Lipinski definition) is 0. The second-order valence-electron chi connectivity index (χ2n) is 7.60. The molecule has 1 aliphatic heterocycles. The highest BCUT2D eigenvalue weighted by Crippen LogP contribution is 2.38. The maximum atomic E-state index is 12.8. The third kappa shape index (κ3) is 3.75. The SMILES string of the molecule is C=CC(=O)N1CC(CC(=O)Cn2c(C)c(-c3ncccc3Cl)c3cc(Cl)ccc32)C1. The van der Waals surface area contributed by atoms with E-state index in [-0.39, 0.29) is 24.2 Å². The van der Waals surface area contributed by atoms with Crippen molar-refractivity contribution in [3.63, 3.8) is 0 Å². The highest BCUT2D eigenvalue weighted by Gasteiger charge is 2.31. The van der Waals surface area contributed by atoms with E-state index in [1.807, 2.05) is 29.7 Å². The van der Waals surface area contributed by atoms with Crippen molar-refractivity contribution in [3.05, 3.63) is 64.9 Å². The van der Waals surface area contributed by atoms with Crippen LogP contribution < -0.4 is 0 Å². The van der Waals surface area contributed by atoms with Crippen molar-refractivity contribution in [3.8, 4) is 11.3 Å². The molecule has 0 radical (unpaired) electrons. The molecule has 4 rings (SSSR count). The van der Waals surface area contributed by atoms with Crippen molar-refractivity contribution >= 4 is 45.8 Å². The van der Waals surface area contributed by atoms with Gasteiger partial charge in [0.2, 0.25) is 5.91 Å². The number of likely N-dealkylation sites (tertiary alicyclic amines) is 1. The Labute approximate surface area is 184 Å². The molecule has 0 N–H and O–H groups in total. The highest BCUT2D eigenvalue weighted by molar-refractivity contribution is 6.34. The van der Waals surface area contributed by atoms with Gasteiger partial charge in [-0.15, -0.1) is 0 Å². The Morgan fingerprint density at radius 1 is 1.27 bits per heavy atom. The first-order valence-electron chi connectivity index (χ1n) is 9.71. The summed E-state index contributed by atoms with van der Waals surface area (Å²) >= 11 is 12.7. The van der Waals surface area contributed by atoms with E-state index < -0.39 is 0 Å². The lowest BCUT2D eigenvalue weighted by atomic mass is 9.94. The van der Waals surface area contributed by atoms with Gasteiger partial charge in [0.05, 0.1) is 17.3 Å². The molecule has 2 aromatic heterocycles. The van der Waals surface area contributed by atoms with Gasteiger partial charge in [0.15, 0.2) is 5.78 Å². The van der Waals surface area contributed by atoms with Gasteiger partial charge in [-0.3, -0.25) is 14.6 Å². The standard InChI is InChI=1S/C23H21Cl2N3O2/c1-3-21(30)27-11-15(12-27)9-17(29)13-28-14(2)22(23-19(25)5-4-8-26-23)18-10-16(24)6-7-20(18)28/h3-8,10,15H,1,9,11-13H2,2H3. The average molecular weight is 442 g/mol. The quantitative estimate of drug-likeness (QED) is 0.509. The number of hydrogen-bond acceptors (Lipinski definition) is 3. The summed E-state index contributed by atoms with van der Waals surface area (Å²) in [6.45, 7) is 6.92. The van der Waals surface area contributed by atoms with E-state index in [2.05, 4.69) is 11.6 Å². The number of pyridine rings is 1. The largest absolute Gasteiger partial charge is 0.338 e. The number of carbonyl (C=O) groups is 2. The smallest absolute Gasteiger partial charge is 0.245 e. The molecule has 0 saturated carbocycles. The van der Waals surface area contributed by atoms with Gasteiger partial charge in [-0.05, 0) is 43.3 Å². The van der Waals surface area contributed by atoms with Gasteiger partial charge in [0, 0.05) is 58.8 Å². The summed E-state index contributed by atoms with van der Waals surface area (Å²) in [6.07, 6.45) is 3.45. The molecule has 30 heavy (non-hydrogen) atoms. The van der Waals surface area contributed by atoms with Gasteiger partial charge in [-0.1, -0.05) is 29.8 Å². The van der Waals surface area contributed by atoms with Crippen molar-refractivity contribution in [1.82, 2.24) is 14.5 Å². The fraction of sp³-hybridized carbons (Fsp3) is 0.261. The molecule has 1 amide bonds. The van der Waals surface area contributed by atoms with Crippen LogP contribution in [0.2, 0.25) is 10.0 Å². The molecule has 1 fully saturated rings. The number of fused-ring (bicyclic) bond motifs is 1. The average Bonchev–Trinajstić information content (AvgIpc) is 2.95. The summed E-state index contributed by atoms with van der Waals surface area (Å²) in [5.41, 5.74) is 3.39. The van der Waals surface area contributed by atoms with Gasteiger partial charge in [0.1, 0.15) is 0 Å². The van der Waals surface area contributed by atoms with Crippen LogP contribution in [-0.2, 0) is 16.1 Å². The van der Waals surface area contributed by atoms with E-state index in [9.17, 15) is 9.59 Å². The Balaban J connectivity index is 1.63. The molecule has 3 heterocycles. The first-order chi connectivity index (χ1) is 14.4. The van der Waals surface area contributed by atoms with Gasteiger partial charge >= 0.3 is 0 Å². The molecule has 154 valence electrons. The summed E-state index contributed by atoms with van der Waals surface area (Å²) in [7, 11) is 0. The summed E-state index contributed by atoms with van der Waals surface area (Å²) < 4.78 is 2.00. The molecule has 1 aromatic carbocycles. The van der Waals surface area contributed by atoms with Crippen molar-refractivity contribution in [2.24, 2.45) is 5.92 Å². The fourth-order valence-corrected chi connectivity index (χ4v) is 4.49. The van der Waals surface area contributed by atoms with Crippen LogP contribution in [0.25, 0.3) is 22.2 Å². The molecular formula is C23H21Cl2N3O2. The molecule has 7 heteroatoms. The van der Waals surface area contributed by atoms with Crippen LogP contribution in [0, 0.1) is 12.8 Å². The third-order valence-electron chi connectivity index (χ3n) is 5.57. The number of carbonyl (C=O) groups excluding carboxylic acids is 2. The predicted molar refractivity (Wildman–Crippen MR) is 120 cm³/mol. The number of ketones is 1. The Morgan fingerprint density at radius 2 is 2.03 bits per heavy atom. The van der Waals surface area contributed by atoms with E-state index in [4.69, 9.17) is 23.2 Å². The molecule has 5 nitrogen and oxygen atoms in total. The molecule has 0 atom stereocenters. The van der Waals surface area contributed by atoms with E-state index in [0.29, 0.717) is 35.2 Å². The Bertz CT molecular complexity index is 1160. The molecular weight excluding hydrogens is 421 g/mol. The Kier molecular flexibility index (Phi) is 5.67. The van der Waals surface area contributed by atoms with Crippen molar-refractivity contribution in [1.29, 1.82) is 0 Å². The van der Waals surface area contributed by atoms with Crippen LogP contribution in [0.3, 0.4) is 0 Å². The Morgan fingerprint density at radius 3 is 2.73 bits per heavy atom. The van der Waals surface area contributed by atoms with Crippen molar-refractivity contribution < 1.29 is 9.59 Å². The first kappa shape index (κ1) is 20.6. The normalized spacial score (nSPS) is 14.0. The molecule has 1 aliphatic rings. The second kappa shape index (κ2) is 8.25. The number of halogens is 2. The van der Waals surface area contributed by atoms with Crippen LogP contribution in [0.5, 0.6) is 0 Å². The minimum absolute atomic E-state index is 0.0836. The van der Waals surface area contributed by atoms with Crippen LogP contribution >= 0.6 is 23.2 Å². The predicted octanol–water partition coefficient (Wildman–Crippen LogP) is 4.92. The molecule has 0 spiro atoms. The summed E-state index contributed by atoms with van der Waals surface area (Å²) in [4.78, 5) is 30.6. The van der Waals surface area contributed by atoms with Crippen molar-refractivity contribution in [2.75, 3.05) is 13.1 Å². The van der Waals surface area contributed by atoms with Crippen LogP contribution in [0.15, 0.2) is 49.2 Å². The maximum absolute atomic E-state index is 12.8. The van der Waals surface area contributed by atoms with E-state index in [1.165, 1.54) is 6.08 Å². The van der Waals surface area contributed by atoms with Gasteiger partial charge < -0.3 is 9.47 Å². The topological polar surface area (TPSA) is 55.2 Å². The number of benzene rings is 1. The molecule has 3 aromatic rings.